The third-order valence-electron chi connectivity index (χ3n) is 3.58. The van der Waals surface area contributed by atoms with Crippen LogP contribution in [0.5, 0.6) is 0 Å². The van der Waals surface area contributed by atoms with Gasteiger partial charge in [-0.1, -0.05) is 72.4 Å². The third-order valence-corrected chi connectivity index (χ3v) is 4.53. The number of carbonyl (C=O) groups is 1. The van der Waals surface area contributed by atoms with Gasteiger partial charge >= 0.3 is 0 Å². The van der Waals surface area contributed by atoms with Gasteiger partial charge in [0.25, 0.3) is 5.22 Å². The number of carbonyl (C=O) groups excluding carboxylic acids is 1. The number of aromatic nitrogens is 1. The number of hydrogen-bond donors (Lipinski definition) is 1. The maximum absolute atomic E-state index is 11.7. The zero-order chi connectivity index (χ0) is 16.9. The molecule has 0 fully saturated rings. The number of nitrogens with one attached hydrogen (secondary N) is 1. The van der Waals surface area contributed by atoms with Gasteiger partial charge in [0.2, 0.25) is 5.91 Å². The summed E-state index contributed by atoms with van der Waals surface area (Å²) >= 11 is 1.31. The van der Waals surface area contributed by atoms with Crippen LogP contribution in [-0.2, 0) is 4.79 Å². The molecular formula is C19H18N2O2S. The Balaban J connectivity index is 2.02. The molecule has 0 spiro atoms. The van der Waals surface area contributed by atoms with E-state index in [9.17, 15) is 4.79 Å². The van der Waals surface area contributed by atoms with Gasteiger partial charge in [-0.2, -0.15) is 0 Å². The molecule has 0 aliphatic heterocycles. The molecule has 0 unspecified atom stereocenters. The van der Waals surface area contributed by atoms with Gasteiger partial charge in [-0.05, 0) is 6.92 Å². The molecule has 24 heavy (non-hydrogen) atoms. The van der Waals surface area contributed by atoms with Crippen molar-refractivity contribution in [2.24, 2.45) is 0 Å². The number of oxazole rings is 1. The van der Waals surface area contributed by atoms with Gasteiger partial charge in [-0.3, -0.25) is 4.79 Å². The molecule has 0 radical (unpaired) electrons. The van der Waals surface area contributed by atoms with Gasteiger partial charge in [-0.15, -0.1) is 0 Å². The third kappa shape index (κ3) is 3.51. The number of hydrogen-bond acceptors (Lipinski definition) is 4. The van der Waals surface area contributed by atoms with Gasteiger partial charge < -0.3 is 9.73 Å². The summed E-state index contributed by atoms with van der Waals surface area (Å²) in [5.41, 5.74) is 2.73. The normalized spacial score (nSPS) is 11.9. The minimum Gasteiger partial charge on any atom is -0.431 e. The highest BCUT2D eigenvalue weighted by molar-refractivity contribution is 8.00. The SMILES string of the molecule is CNC(=O)[C@H](C)Sc1nc(-c2ccccc2)c(-c2ccccc2)o1. The summed E-state index contributed by atoms with van der Waals surface area (Å²) in [7, 11) is 1.62. The van der Waals surface area contributed by atoms with E-state index in [1.54, 1.807) is 7.05 Å². The van der Waals surface area contributed by atoms with Crippen LogP contribution in [0.15, 0.2) is 70.3 Å². The van der Waals surface area contributed by atoms with Crippen molar-refractivity contribution in [2.75, 3.05) is 7.05 Å². The first-order valence-corrected chi connectivity index (χ1v) is 8.57. The number of thioether (sulfide) groups is 1. The van der Waals surface area contributed by atoms with E-state index in [1.165, 1.54) is 11.8 Å². The van der Waals surface area contributed by atoms with Crippen LogP contribution in [0.3, 0.4) is 0 Å². The van der Waals surface area contributed by atoms with Gasteiger partial charge in [0.15, 0.2) is 5.76 Å². The molecule has 3 rings (SSSR count). The Morgan fingerprint density at radius 1 is 1.04 bits per heavy atom. The van der Waals surface area contributed by atoms with Crippen LogP contribution in [0.4, 0.5) is 0 Å². The molecule has 5 heteroatoms. The molecule has 0 aliphatic carbocycles. The fourth-order valence-electron chi connectivity index (χ4n) is 2.34. The van der Waals surface area contributed by atoms with Crippen LogP contribution >= 0.6 is 11.8 Å². The second-order valence-electron chi connectivity index (χ2n) is 5.26. The second kappa shape index (κ2) is 7.36. The van der Waals surface area contributed by atoms with E-state index in [0.29, 0.717) is 11.0 Å². The molecule has 1 amide bonds. The van der Waals surface area contributed by atoms with Crippen molar-refractivity contribution in [2.45, 2.75) is 17.4 Å². The highest BCUT2D eigenvalue weighted by Crippen LogP contribution is 2.36. The highest BCUT2D eigenvalue weighted by Gasteiger charge is 2.21. The fourth-order valence-corrected chi connectivity index (χ4v) is 3.14. The van der Waals surface area contributed by atoms with Crippen molar-refractivity contribution in [3.05, 3.63) is 60.7 Å². The van der Waals surface area contributed by atoms with Crippen molar-refractivity contribution in [3.8, 4) is 22.6 Å². The second-order valence-corrected chi connectivity index (χ2v) is 6.56. The smallest absolute Gasteiger partial charge is 0.257 e. The molecule has 0 saturated carbocycles. The van der Waals surface area contributed by atoms with Crippen molar-refractivity contribution < 1.29 is 9.21 Å². The molecule has 2 aromatic carbocycles. The van der Waals surface area contributed by atoms with Crippen molar-refractivity contribution in [3.63, 3.8) is 0 Å². The fraction of sp³-hybridized carbons (Fsp3) is 0.158. The summed E-state index contributed by atoms with van der Waals surface area (Å²) in [5.74, 6) is 0.661. The molecule has 1 aromatic heterocycles. The Bertz CT molecular complexity index is 759. The predicted octanol–water partition coefficient (Wildman–Crippen LogP) is 4.24. The first-order chi connectivity index (χ1) is 11.7. The molecule has 1 atom stereocenters. The van der Waals surface area contributed by atoms with E-state index in [4.69, 9.17) is 4.42 Å². The standard InChI is InChI=1S/C19H18N2O2S/c1-13(18(22)20-2)24-19-21-16(14-9-5-3-6-10-14)17(23-19)15-11-7-4-8-12-15/h3-13H,1-2H3,(H,20,22)/t13-/m0/s1. The molecule has 1 N–H and O–H groups in total. The van der Waals surface area contributed by atoms with E-state index in [2.05, 4.69) is 10.3 Å². The van der Waals surface area contributed by atoms with Gasteiger partial charge in [-0.25, -0.2) is 4.98 Å². The Kier molecular flexibility index (Phi) is 5.01. The maximum atomic E-state index is 11.7. The Labute approximate surface area is 145 Å². The summed E-state index contributed by atoms with van der Waals surface area (Å²) in [5, 5.41) is 2.85. The number of benzene rings is 2. The van der Waals surface area contributed by atoms with E-state index in [0.717, 1.165) is 16.8 Å². The van der Waals surface area contributed by atoms with Crippen LogP contribution < -0.4 is 5.32 Å². The quantitative estimate of drug-likeness (QED) is 0.707. The van der Waals surface area contributed by atoms with Crippen molar-refractivity contribution in [1.29, 1.82) is 0 Å². The summed E-state index contributed by atoms with van der Waals surface area (Å²) in [6, 6.07) is 19.8. The lowest BCUT2D eigenvalue weighted by atomic mass is 10.1. The number of nitrogens with zero attached hydrogens (tertiary/aromatic N) is 1. The average Bonchev–Trinajstić information content (AvgIpc) is 3.06. The lowest BCUT2D eigenvalue weighted by Gasteiger charge is -2.05. The maximum Gasteiger partial charge on any atom is 0.257 e. The molecule has 0 bridgehead atoms. The van der Waals surface area contributed by atoms with E-state index < -0.39 is 0 Å². The number of rotatable bonds is 5. The van der Waals surface area contributed by atoms with Gasteiger partial charge in [0, 0.05) is 18.2 Å². The molecule has 1 heterocycles. The molecule has 3 aromatic rings. The van der Waals surface area contributed by atoms with Crippen molar-refractivity contribution in [1.82, 2.24) is 10.3 Å². The lowest BCUT2D eigenvalue weighted by Crippen LogP contribution is -2.27. The minimum absolute atomic E-state index is 0.0549. The Hall–Kier alpha value is -2.53. The molecule has 4 nitrogen and oxygen atoms in total. The summed E-state index contributed by atoms with van der Waals surface area (Å²) in [6.45, 7) is 1.83. The van der Waals surface area contributed by atoms with E-state index in [-0.39, 0.29) is 11.2 Å². The van der Waals surface area contributed by atoms with Crippen LogP contribution in [0.25, 0.3) is 22.6 Å². The Morgan fingerprint density at radius 2 is 1.62 bits per heavy atom. The van der Waals surface area contributed by atoms with Crippen LogP contribution in [0.1, 0.15) is 6.92 Å². The average molecular weight is 338 g/mol. The summed E-state index contributed by atoms with van der Waals surface area (Å²) in [4.78, 5) is 16.4. The topological polar surface area (TPSA) is 55.1 Å². The largest absolute Gasteiger partial charge is 0.431 e. The zero-order valence-corrected chi connectivity index (χ0v) is 14.3. The van der Waals surface area contributed by atoms with Gasteiger partial charge in [0.05, 0.1) is 5.25 Å². The molecular weight excluding hydrogens is 320 g/mol. The summed E-state index contributed by atoms with van der Waals surface area (Å²) < 4.78 is 5.99. The first kappa shape index (κ1) is 16.3. The molecule has 0 aliphatic rings. The van der Waals surface area contributed by atoms with Crippen LogP contribution in [0.2, 0.25) is 0 Å². The number of amides is 1. The monoisotopic (exact) mass is 338 g/mol. The lowest BCUT2D eigenvalue weighted by molar-refractivity contribution is -0.119. The minimum atomic E-state index is -0.277. The summed E-state index contributed by atoms with van der Waals surface area (Å²) in [6.07, 6.45) is 0. The van der Waals surface area contributed by atoms with Crippen molar-refractivity contribution >= 4 is 17.7 Å². The first-order valence-electron chi connectivity index (χ1n) is 7.69. The predicted molar refractivity (Wildman–Crippen MR) is 96.8 cm³/mol. The highest BCUT2D eigenvalue weighted by atomic mass is 32.2. The van der Waals surface area contributed by atoms with Gasteiger partial charge in [0.1, 0.15) is 5.69 Å². The van der Waals surface area contributed by atoms with E-state index in [1.807, 2.05) is 67.6 Å². The zero-order valence-electron chi connectivity index (χ0n) is 13.5. The Morgan fingerprint density at radius 3 is 2.21 bits per heavy atom. The molecule has 0 saturated heterocycles. The molecule has 122 valence electrons. The van der Waals surface area contributed by atoms with E-state index >= 15 is 0 Å². The van der Waals surface area contributed by atoms with Crippen LogP contribution in [0, 0.1) is 0 Å². The van der Waals surface area contributed by atoms with Crippen LogP contribution in [-0.4, -0.2) is 23.2 Å².